The molecule has 2 aliphatic carbocycles. The summed E-state index contributed by atoms with van der Waals surface area (Å²) in [5, 5.41) is 10.8. The van der Waals surface area contributed by atoms with Crippen molar-refractivity contribution in [3.63, 3.8) is 0 Å². The fourth-order valence-electron chi connectivity index (χ4n) is 3.69. The monoisotopic (exact) mass is 262 g/mol. The molecular weight excluding hydrogens is 244 g/mol. The first-order valence-corrected chi connectivity index (χ1v) is 6.67. The van der Waals surface area contributed by atoms with Crippen LogP contribution in [-0.4, -0.2) is 28.4 Å². The summed E-state index contributed by atoms with van der Waals surface area (Å²) in [4.78, 5) is 24.4. The zero-order valence-corrected chi connectivity index (χ0v) is 11.4. The number of fused-ring (bicyclic) bond motifs is 3. The number of hydrogen-bond acceptors (Lipinski definition) is 4. The molecule has 3 rings (SSSR count). The van der Waals surface area contributed by atoms with Gasteiger partial charge < -0.3 is 9.84 Å². The number of Topliss-reactive ketones (excluding diaryl/α,β-unsaturated/α-hetero) is 1. The van der Waals surface area contributed by atoms with Gasteiger partial charge in [0.1, 0.15) is 6.10 Å². The van der Waals surface area contributed by atoms with Crippen LogP contribution in [-0.2, 0) is 14.3 Å². The molecule has 0 bridgehead atoms. The maximum atomic E-state index is 12.3. The number of rotatable bonds is 0. The van der Waals surface area contributed by atoms with Crippen LogP contribution in [0.5, 0.6) is 0 Å². The van der Waals surface area contributed by atoms with Crippen LogP contribution in [0.25, 0.3) is 0 Å². The Morgan fingerprint density at radius 2 is 2.11 bits per heavy atom. The molecule has 0 amide bonds. The van der Waals surface area contributed by atoms with Gasteiger partial charge in [-0.25, -0.2) is 0 Å². The molecule has 1 heterocycles. The van der Waals surface area contributed by atoms with Crippen LogP contribution in [0, 0.1) is 11.3 Å². The standard InChI is InChI=1S/C15H18O4/c1-8-4-5-11(16)10-6-12(17)15(18)9(2)7-19-13(15)14(8,10)3/h6-8,13,18H,4-5H2,1-3H3/t8-,13-,14+,15-/m0/s1. The molecule has 1 aliphatic heterocycles. The van der Waals surface area contributed by atoms with Crippen molar-refractivity contribution >= 4 is 11.6 Å². The van der Waals surface area contributed by atoms with Gasteiger partial charge >= 0.3 is 0 Å². The zero-order valence-electron chi connectivity index (χ0n) is 11.4. The fourth-order valence-corrected chi connectivity index (χ4v) is 3.69. The Morgan fingerprint density at radius 1 is 1.42 bits per heavy atom. The Bertz CT molecular complexity index is 544. The Labute approximate surface area is 112 Å². The third-order valence-electron chi connectivity index (χ3n) is 5.27. The van der Waals surface area contributed by atoms with Gasteiger partial charge in [-0.2, -0.15) is 0 Å². The van der Waals surface area contributed by atoms with Gasteiger partial charge in [0, 0.05) is 23.0 Å². The molecule has 0 aromatic rings. The highest BCUT2D eigenvalue weighted by molar-refractivity contribution is 6.10. The van der Waals surface area contributed by atoms with E-state index >= 15 is 0 Å². The van der Waals surface area contributed by atoms with Crippen LogP contribution in [0.3, 0.4) is 0 Å². The molecule has 0 spiro atoms. The van der Waals surface area contributed by atoms with Gasteiger partial charge in [-0.05, 0) is 25.3 Å². The summed E-state index contributed by atoms with van der Waals surface area (Å²) in [5.74, 6) is -0.247. The van der Waals surface area contributed by atoms with Gasteiger partial charge in [0.25, 0.3) is 0 Å². The fraction of sp³-hybridized carbons (Fsp3) is 0.600. The second kappa shape index (κ2) is 3.57. The Morgan fingerprint density at radius 3 is 2.79 bits per heavy atom. The Hall–Kier alpha value is -1.42. The molecule has 4 atom stereocenters. The van der Waals surface area contributed by atoms with Crippen molar-refractivity contribution in [2.45, 2.75) is 45.3 Å². The predicted octanol–water partition coefficient (Wildman–Crippen LogP) is 1.53. The molecule has 19 heavy (non-hydrogen) atoms. The number of ether oxygens (including phenoxy) is 1. The number of hydrogen-bond donors (Lipinski definition) is 1. The minimum Gasteiger partial charge on any atom is -0.493 e. The zero-order chi connectivity index (χ0) is 14.0. The molecule has 0 unspecified atom stereocenters. The van der Waals surface area contributed by atoms with Gasteiger partial charge in [-0.3, -0.25) is 9.59 Å². The summed E-state index contributed by atoms with van der Waals surface area (Å²) in [6, 6.07) is 0. The van der Waals surface area contributed by atoms with E-state index in [4.69, 9.17) is 4.74 Å². The SMILES string of the molecule is CC1=CO[C@@H]2[C@@]1(O)C(=O)C=C1C(=O)CC[C@H](C)[C@]12C. The second-order valence-electron chi connectivity index (χ2n) is 6.15. The molecule has 1 N–H and O–H groups in total. The smallest absolute Gasteiger partial charge is 0.195 e. The highest BCUT2D eigenvalue weighted by Crippen LogP contribution is 2.55. The van der Waals surface area contributed by atoms with Gasteiger partial charge in [0.2, 0.25) is 0 Å². The van der Waals surface area contributed by atoms with E-state index < -0.39 is 22.9 Å². The summed E-state index contributed by atoms with van der Waals surface area (Å²) >= 11 is 0. The van der Waals surface area contributed by atoms with Crippen molar-refractivity contribution in [3.05, 3.63) is 23.5 Å². The largest absolute Gasteiger partial charge is 0.493 e. The molecule has 1 saturated carbocycles. The Balaban J connectivity index is 2.22. The van der Waals surface area contributed by atoms with Crippen molar-refractivity contribution in [1.82, 2.24) is 0 Å². The minimum atomic E-state index is -1.61. The van der Waals surface area contributed by atoms with E-state index in [1.165, 1.54) is 12.3 Å². The average molecular weight is 262 g/mol. The molecule has 102 valence electrons. The van der Waals surface area contributed by atoms with Crippen LogP contribution in [0.4, 0.5) is 0 Å². The quantitative estimate of drug-likeness (QED) is 0.719. The average Bonchev–Trinajstić information content (AvgIpc) is 2.67. The lowest BCUT2D eigenvalue weighted by molar-refractivity contribution is -0.153. The lowest BCUT2D eigenvalue weighted by Gasteiger charge is -2.50. The summed E-state index contributed by atoms with van der Waals surface area (Å²) in [6.45, 7) is 5.66. The van der Waals surface area contributed by atoms with E-state index in [2.05, 4.69) is 0 Å². The van der Waals surface area contributed by atoms with Crippen LogP contribution in [0.1, 0.15) is 33.6 Å². The van der Waals surface area contributed by atoms with Crippen molar-refractivity contribution in [1.29, 1.82) is 0 Å². The molecule has 0 aromatic heterocycles. The Kier molecular flexibility index (Phi) is 2.37. The maximum absolute atomic E-state index is 12.3. The van der Waals surface area contributed by atoms with Crippen LogP contribution in [0.2, 0.25) is 0 Å². The first-order chi connectivity index (χ1) is 8.82. The van der Waals surface area contributed by atoms with E-state index in [0.29, 0.717) is 17.6 Å². The highest BCUT2D eigenvalue weighted by Gasteiger charge is 2.64. The number of aliphatic hydroxyl groups is 1. The van der Waals surface area contributed by atoms with E-state index in [1.807, 2.05) is 13.8 Å². The molecule has 0 aromatic carbocycles. The first kappa shape index (κ1) is 12.6. The summed E-state index contributed by atoms with van der Waals surface area (Å²) < 4.78 is 5.61. The minimum absolute atomic E-state index is 0.00385. The first-order valence-electron chi connectivity index (χ1n) is 6.67. The van der Waals surface area contributed by atoms with Crippen molar-refractivity contribution in [2.24, 2.45) is 11.3 Å². The van der Waals surface area contributed by atoms with E-state index in [-0.39, 0.29) is 11.7 Å². The molecule has 0 radical (unpaired) electrons. The third-order valence-corrected chi connectivity index (χ3v) is 5.27. The molecular formula is C15H18O4. The number of carbonyl (C=O) groups excluding carboxylic acids is 2. The number of carbonyl (C=O) groups is 2. The lowest BCUT2D eigenvalue weighted by atomic mass is 9.54. The van der Waals surface area contributed by atoms with E-state index in [1.54, 1.807) is 6.92 Å². The molecule has 1 fully saturated rings. The van der Waals surface area contributed by atoms with Gasteiger partial charge in [-0.15, -0.1) is 0 Å². The van der Waals surface area contributed by atoms with E-state index in [0.717, 1.165) is 6.42 Å². The maximum Gasteiger partial charge on any atom is 0.195 e. The molecule has 3 aliphatic rings. The lowest BCUT2D eigenvalue weighted by Crippen LogP contribution is -2.62. The highest BCUT2D eigenvalue weighted by atomic mass is 16.5. The van der Waals surface area contributed by atoms with Gasteiger partial charge in [0.15, 0.2) is 17.2 Å². The van der Waals surface area contributed by atoms with Crippen LogP contribution >= 0.6 is 0 Å². The van der Waals surface area contributed by atoms with Gasteiger partial charge in [-0.1, -0.05) is 13.8 Å². The van der Waals surface area contributed by atoms with Crippen molar-refractivity contribution < 1.29 is 19.4 Å². The van der Waals surface area contributed by atoms with Gasteiger partial charge in [0.05, 0.1) is 6.26 Å². The van der Waals surface area contributed by atoms with Crippen molar-refractivity contribution in [2.75, 3.05) is 0 Å². The van der Waals surface area contributed by atoms with E-state index in [9.17, 15) is 14.7 Å². The predicted molar refractivity (Wildman–Crippen MR) is 68.2 cm³/mol. The van der Waals surface area contributed by atoms with Crippen LogP contribution < -0.4 is 0 Å². The second-order valence-corrected chi connectivity index (χ2v) is 6.15. The third kappa shape index (κ3) is 1.27. The van der Waals surface area contributed by atoms with Crippen LogP contribution in [0.15, 0.2) is 23.5 Å². The summed E-state index contributed by atoms with van der Waals surface area (Å²) in [6.07, 6.45) is 3.34. The summed E-state index contributed by atoms with van der Waals surface area (Å²) in [5.41, 5.74) is -1.17. The number of ketones is 2. The van der Waals surface area contributed by atoms with Crippen molar-refractivity contribution in [3.8, 4) is 0 Å². The molecule has 0 saturated heterocycles. The molecule has 4 nitrogen and oxygen atoms in total. The molecule has 4 heteroatoms. The summed E-state index contributed by atoms with van der Waals surface area (Å²) in [7, 11) is 0. The normalized spacial score (nSPS) is 45.1. The topological polar surface area (TPSA) is 63.6 Å².